The number of anilines is 1. The second-order valence-electron chi connectivity index (χ2n) is 7.53. The smallest absolute Gasteiger partial charge is 0.255 e. The summed E-state index contributed by atoms with van der Waals surface area (Å²) in [6.07, 6.45) is 6.59. The summed E-state index contributed by atoms with van der Waals surface area (Å²) in [6, 6.07) is 3.55. The minimum Gasteiger partial charge on any atom is -0.369 e. The van der Waals surface area contributed by atoms with Gasteiger partial charge >= 0.3 is 0 Å². The van der Waals surface area contributed by atoms with Crippen LogP contribution in [0.15, 0.2) is 18.3 Å². The lowest BCUT2D eigenvalue weighted by atomic mass is 9.97. The van der Waals surface area contributed by atoms with Crippen molar-refractivity contribution in [3.63, 3.8) is 0 Å². The van der Waals surface area contributed by atoms with Crippen LogP contribution in [0.4, 0.5) is 5.82 Å². The van der Waals surface area contributed by atoms with E-state index in [0.717, 1.165) is 37.8 Å². The second-order valence-corrected chi connectivity index (χ2v) is 7.53. The summed E-state index contributed by atoms with van der Waals surface area (Å²) >= 11 is 0. The maximum atomic E-state index is 13.1. The summed E-state index contributed by atoms with van der Waals surface area (Å²) < 4.78 is 1.83. The molecule has 1 saturated heterocycles. The van der Waals surface area contributed by atoms with Gasteiger partial charge in [-0.05, 0) is 37.8 Å². The Bertz CT molecular complexity index is 907. The number of fused-ring (bicyclic) bond motifs is 1. The molecule has 1 unspecified atom stereocenters. The molecule has 2 N–H and O–H groups in total. The third kappa shape index (κ3) is 4.26. The van der Waals surface area contributed by atoms with Crippen molar-refractivity contribution in [2.24, 2.45) is 11.7 Å². The summed E-state index contributed by atoms with van der Waals surface area (Å²) in [5.41, 5.74) is 7.47. The Morgan fingerprint density at radius 3 is 2.79 bits per heavy atom. The van der Waals surface area contributed by atoms with Gasteiger partial charge in [-0.2, -0.15) is 0 Å². The maximum Gasteiger partial charge on any atom is 0.255 e. The van der Waals surface area contributed by atoms with Gasteiger partial charge in [0.25, 0.3) is 5.91 Å². The number of pyridine rings is 1. The summed E-state index contributed by atoms with van der Waals surface area (Å²) in [5, 5.41) is 0. The van der Waals surface area contributed by atoms with E-state index < -0.39 is 0 Å². The van der Waals surface area contributed by atoms with Crippen LogP contribution in [0, 0.1) is 5.92 Å². The highest BCUT2D eigenvalue weighted by molar-refractivity contribution is 5.95. The number of aryl methyl sites for hydroxylation is 1. The summed E-state index contributed by atoms with van der Waals surface area (Å²) in [6.45, 7) is 5.63. The molecule has 0 aromatic carbocycles. The van der Waals surface area contributed by atoms with Crippen LogP contribution in [0.5, 0.6) is 0 Å². The van der Waals surface area contributed by atoms with Crippen LogP contribution in [0.3, 0.4) is 0 Å². The molecule has 1 aliphatic heterocycles. The SMILES string of the molecule is CCCCN(C=O)c1c(CC)nc2ccc(C(=O)N3CCCC(C(N)=O)C3)cn12. The molecular weight excluding hydrogens is 370 g/mol. The molecule has 0 bridgehead atoms. The maximum absolute atomic E-state index is 13.1. The highest BCUT2D eigenvalue weighted by Crippen LogP contribution is 2.25. The van der Waals surface area contributed by atoms with E-state index in [-0.39, 0.29) is 17.7 Å². The van der Waals surface area contributed by atoms with Crippen molar-refractivity contribution in [2.45, 2.75) is 46.0 Å². The van der Waals surface area contributed by atoms with Gasteiger partial charge in [0.05, 0.1) is 17.2 Å². The van der Waals surface area contributed by atoms with Crippen molar-refractivity contribution in [2.75, 3.05) is 24.5 Å². The number of primary amides is 1. The van der Waals surface area contributed by atoms with Crippen LogP contribution in [-0.4, -0.2) is 52.1 Å². The van der Waals surface area contributed by atoms with Crippen LogP contribution in [0.25, 0.3) is 5.65 Å². The predicted octanol–water partition coefficient (Wildman–Crippen LogP) is 2.00. The number of likely N-dealkylation sites (tertiary alicyclic amines) is 1. The summed E-state index contributed by atoms with van der Waals surface area (Å²) in [7, 11) is 0. The van der Waals surface area contributed by atoms with E-state index in [1.54, 1.807) is 28.1 Å². The zero-order chi connectivity index (χ0) is 21.0. The molecule has 1 fully saturated rings. The molecule has 29 heavy (non-hydrogen) atoms. The van der Waals surface area contributed by atoms with Crippen molar-refractivity contribution >= 4 is 29.7 Å². The number of nitrogens with zero attached hydrogens (tertiary/aromatic N) is 4. The lowest BCUT2D eigenvalue weighted by molar-refractivity contribution is -0.123. The van der Waals surface area contributed by atoms with E-state index in [4.69, 9.17) is 5.73 Å². The molecule has 8 heteroatoms. The highest BCUT2D eigenvalue weighted by atomic mass is 16.2. The molecule has 3 heterocycles. The first-order valence-electron chi connectivity index (χ1n) is 10.3. The lowest BCUT2D eigenvalue weighted by Crippen LogP contribution is -2.44. The molecule has 8 nitrogen and oxygen atoms in total. The Balaban J connectivity index is 1.96. The van der Waals surface area contributed by atoms with Crippen LogP contribution >= 0.6 is 0 Å². The molecule has 2 aromatic rings. The van der Waals surface area contributed by atoms with Gasteiger partial charge in [-0.1, -0.05) is 20.3 Å². The number of aromatic nitrogens is 2. The number of unbranched alkanes of at least 4 members (excludes halogenated alkanes) is 1. The minimum atomic E-state index is -0.361. The summed E-state index contributed by atoms with van der Waals surface area (Å²) in [5.74, 6) is -0.0810. The topological polar surface area (TPSA) is 101 Å². The number of carbonyl (C=O) groups excluding carboxylic acids is 3. The van der Waals surface area contributed by atoms with E-state index in [2.05, 4.69) is 11.9 Å². The molecule has 0 saturated carbocycles. The van der Waals surface area contributed by atoms with Gasteiger partial charge in [0.15, 0.2) is 0 Å². The normalized spacial score (nSPS) is 16.8. The molecule has 1 atom stereocenters. The molecule has 3 rings (SSSR count). The monoisotopic (exact) mass is 399 g/mol. The zero-order valence-corrected chi connectivity index (χ0v) is 17.1. The molecule has 2 aromatic heterocycles. The second kappa shape index (κ2) is 9.07. The largest absolute Gasteiger partial charge is 0.369 e. The molecule has 156 valence electrons. The minimum absolute atomic E-state index is 0.137. The van der Waals surface area contributed by atoms with Gasteiger partial charge < -0.3 is 10.6 Å². The van der Waals surface area contributed by atoms with Crippen molar-refractivity contribution in [1.82, 2.24) is 14.3 Å². The van der Waals surface area contributed by atoms with E-state index in [1.165, 1.54) is 0 Å². The number of hydrogen-bond donors (Lipinski definition) is 1. The van der Waals surface area contributed by atoms with Crippen molar-refractivity contribution in [1.29, 1.82) is 0 Å². The van der Waals surface area contributed by atoms with Crippen LogP contribution in [-0.2, 0) is 16.0 Å². The number of amides is 3. The molecular formula is C21H29N5O3. The fourth-order valence-electron chi connectivity index (χ4n) is 3.86. The number of carbonyl (C=O) groups is 3. The first-order chi connectivity index (χ1) is 14.0. The third-order valence-electron chi connectivity index (χ3n) is 5.51. The zero-order valence-electron chi connectivity index (χ0n) is 17.1. The number of nitrogens with two attached hydrogens (primary N) is 1. The van der Waals surface area contributed by atoms with Crippen LogP contribution < -0.4 is 10.6 Å². The third-order valence-corrected chi connectivity index (χ3v) is 5.51. The molecule has 0 radical (unpaired) electrons. The van der Waals surface area contributed by atoms with Crippen LogP contribution in [0.2, 0.25) is 0 Å². The van der Waals surface area contributed by atoms with Gasteiger partial charge in [0, 0.05) is 25.8 Å². The fourth-order valence-corrected chi connectivity index (χ4v) is 3.86. The van der Waals surface area contributed by atoms with Crippen molar-refractivity contribution in [3.8, 4) is 0 Å². The van der Waals surface area contributed by atoms with Gasteiger partial charge in [0.1, 0.15) is 11.5 Å². The molecule has 0 spiro atoms. The first kappa shape index (κ1) is 20.8. The van der Waals surface area contributed by atoms with Crippen LogP contribution in [0.1, 0.15) is 55.6 Å². The van der Waals surface area contributed by atoms with Gasteiger partial charge in [-0.15, -0.1) is 0 Å². The fraction of sp³-hybridized carbons (Fsp3) is 0.524. The summed E-state index contributed by atoms with van der Waals surface area (Å²) in [4.78, 5) is 44.3. The van der Waals surface area contributed by atoms with E-state index in [0.29, 0.717) is 43.1 Å². The van der Waals surface area contributed by atoms with E-state index >= 15 is 0 Å². The van der Waals surface area contributed by atoms with Crippen molar-refractivity contribution in [3.05, 3.63) is 29.6 Å². The molecule has 0 aliphatic carbocycles. The predicted molar refractivity (Wildman–Crippen MR) is 111 cm³/mol. The quantitative estimate of drug-likeness (QED) is 0.686. The van der Waals surface area contributed by atoms with E-state index in [9.17, 15) is 14.4 Å². The first-order valence-corrected chi connectivity index (χ1v) is 10.3. The Hall–Kier alpha value is -2.90. The number of piperidine rings is 1. The number of rotatable bonds is 8. The Labute approximate surface area is 170 Å². The molecule has 3 amide bonds. The standard InChI is InChI=1S/C21H29N5O3/c1-3-5-10-25(14-27)20-17(4-2)23-18-9-8-16(13-26(18)20)21(29)24-11-6-7-15(12-24)19(22)28/h8-9,13-15H,3-7,10-12H2,1-2H3,(H2,22,28). The number of hydrogen-bond acceptors (Lipinski definition) is 4. The van der Waals surface area contributed by atoms with Gasteiger partial charge in [-0.25, -0.2) is 4.98 Å². The van der Waals surface area contributed by atoms with Gasteiger partial charge in [0.2, 0.25) is 12.3 Å². The van der Waals surface area contributed by atoms with Gasteiger partial charge in [-0.3, -0.25) is 23.7 Å². The number of imidazole rings is 1. The van der Waals surface area contributed by atoms with E-state index in [1.807, 2.05) is 11.3 Å². The van der Waals surface area contributed by atoms with Crippen molar-refractivity contribution < 1.29 is 14.4 Å². The average molecular weight is 399 g/mol. The average Bonchev–Trinajstić information content (AvgIpc) is 3.11. The lowest BCUT2D eigenvalue weighted by Gasteiger charge is -2.31. The highest BCUT2D eigenvalue weighted by Gasteiger charge is 2.28. The Morgan fingerprint density at radius 1 is 1.34 bits per heavy atom. The molecule has 1 aliphatic rings. The Morgan fingerprint density at radius 2 is 2.14 bits per heavy atom. The Kier molecular flexibility index (Phi) is 6.51.